The third-order valence-corrected chi connectivity index (χ3v) is 4.54. The summed E-state index contributed by atoms with van der Waals surface area (Å²) in [5.74, 6) is 3.09. The molecule has 0 saturated carbocycles. The lowest BCUT2D eigenvalue weighted by atomic mass is 9.98. The highest BCUT2D eigenvalue weighted by Crippen LogP contribution is 2.25. The topological polar surface area (TPSA) is 88.2 Å². The molecule has 1 saturated heterocycles. The van der Waals surface area contributed by atoms with Gasteiger partial charge in [0, 0.05) is 33.0 Å². The van der Waals surface area contributed by atoms with E-state index >= 15 is 0 Å². The number of nitrogens with two attached hydrogens (primary N) is 1. The highest BCUT2D eigenvalue weighted by Gasteiger charge is 2.21. The second-order valence-corrected chi connectivity index (χ2v) is 6.20. The summed E-state index contributed by atoms with van der Waals surface area (Å²) in [6, 6.07) is 0. The fraction of sp³-hybridized carbons (Fsp3) is 0.846. The average molecular weight is 303 g/mol. The van der Waals surface area contributed by atoms with Crippen molar-refractivity contribution in [2.45, 2.75) is 25.7 Å². The summed E-state index contributed by atoms with van der Waals surface area (Å²) in [7, 11) is 1.62. The maximum atomic E-state index is 12.3. The normalized spacial score (nSPS) is 17.1. The average Bonchev–Trinajstić information content (AvgIpc) is 2.47. The standard InChI is InChI=1S/C13H25N3O3S/c1-19-7-6-16(5-2-12(14)15-18)13(17)10-11-3-8-20-9-4-11/h11,18H,2-10H2,1H3,(H2,14,15). The number of thioether (sulfide) groups is 1. The molecule has 1 fully saturated rings. The number of nitrogens with zero attached hydrogens (tertiary/aromatic N) is 2. The molecule has 1 heterocycles. The van der Waals surface area contributed by atoms with Crippen molar-refractivity contribution in [1.82, 2.24) is 4.90 Å². The van der Waals surface area contributed by atoms with Crippen LogP contribution in [0.15, 0.2) is 5.16 Å². The summed E-state index contributed by atoms with van der Waals surface area (Å²) >= 11 is 1.96. The molecule has 0 atom stereocenters. The molecular formula is C13H25N3O3S. The summed E-state index contributed by atoms with van der Waals surface area (Å²) in [5, 5.41) is 11.5. The monoisotopic (exact) mass is 303 g/mol. The van der Waals surface area contributed by atoms with E-state index in [0.29, 0.717) is 38.5 Å². The van der Waals surface area contributed by atoms with Gasteiger partial charge in [-0.25, -0.2) is 0 Å². The molecule has 1 aliphatic rings. The van der Waals surface area contributed by atoms with E-state index in [1.54, 1.807) is 12.0 Å². The number of rotatable bonds is 8. The molecule has 116 valence electrons. The third kappa shape index (κ3) is 6.47. The SMILES string of the molecule is COCCN(CCC(N)=NO)C(=O)CC1CCSCC1. The molecule has 0 bridgehead atoms. The first-order valence-corrected chi connectivity index (χ1v) is 8.13. The third-order valence-electron chi connectivity index (χ3n) is 3.49. The summed E-state index contributed by atoms with van der Waals surface area (Å²) in [6.07, 6.45) is 3.22. The zero-order chi connectivity index (χ0) is 14.8. The Kier molecular flexibility index (Phi) is 8.45. The van der Waals surface area contributed by atoms with Crippen LogP contribution in [0.3, 0.4) is 0 Å². The number of amides is 1. The number of ether oxygens (including phenoxy) is 1. The van der Waals surface area contributed by atoms with Crippen LogP contribution in [0.2, 0.25) is 0 Å². The van der Waals surface area contributed by atoms with Gasteiger partial charge in [-0.15, -0.1) is 0 Å². The van der Waals surface area contributed by atoms with E-state index in [2.05, 4.69) is 5.16 Å². The lowest BCUT2D eigenvalue weighted by molar-refractivity contribution is -0.132. The van der Waals surface area contributed by atoms with Gasteiger partial charge in [-0.1, -0.05) is 5.16 Å². The first kappa shape index (κ1) is 17.1. The largest absolute Gasteiger partial charge is 0.409 e. The number of oxime groups is 1. The van der Waals surface area contributed by atoms with Gasteiger partial charge in [-0.05, 0) is 30.3 Å². The maximum Gasteiger partial charge on any atom is 0.222 e. The lowest BCUT2D eigenvalue weighted by Crippen LogP contribution is -2.37. The summed E-state index contributed by atoms with van der Waals surface area (Å²) < 4.78 is 5.04. The minimum atomic E-state index is 0.143. The van der Waals surface area contributed by atoms with Gasteiger partial charge in [0.05, 0.1) is 6.61 Å². The van der Waals surface area contributed by atoms with Gasteiger partial charge in [0.15, 0.2) is 0 Å². The Balaban J connectivity index is 2.44. The Bertz CT molecular complexity index is 320. The zero-order valence-corrected chi connectivity index (χ0v) is 12.9. The second-order valence-electron chi connectivity index (χ2n) is 4.97. The van der Waals surface area contributed by atoms with Crippen molar-refractivity contribution in [3.05, 3.63) is 0 Å². The molecular weight excluding hydrogens is 278 g/mol. The first-order chi connectivity index (χ1) is 9.67. The number of amidine groups is 1. The van der Waals surface area contributed by atoms with Crippen molar-refractivity contribution in [2.75, 3.05) is 38.3 Å². The van der Waals surface area contributed by atoms with Crippen molar-refractivity contribution >= 4 is 23.5 Å². The molecule has 7 heteroatoms. The van der Waals surface area contributed by atoms with Crippen LogP contribution >= 0.6 is 11.8 Å². The van der Waals surface area contributed by atoms with Crippen LogP contribution in [0.1, 0.15) is 25.7 Å². The Hall–Kier alpha value is -0.950. The molecule has 0 aromatic heterocycles. The van der Waals surface area contributed by atoms with Crippen molar-refractivity contribution in [3.8, 4) is 0 Å². The van der Waals surface area contributed by atoms with Crippen molar-refractivity contribution in [3.63, 3.8) is 0 Å². The number of hydrogen-bond donors (Lipinski definition) is 2. The molecule has 1 rings (SSSR count). The zero-order valence-electron chi connectivity index (χ0n) is 12.1. The van der Waals surface area contributed by atoms with Crippen molar-refractivity contribution in [1.29, 1.82) is 0 Å². The van der Waals surface area contributed by atoms with E-state index in [4.69, 9.17) is 15.7 Å². The minimum absolute atomic E-state index is 0.143. The number of hydrogen-bond acceptors (Lipinski definition) is 5. The second kappa shape index (κ2) is 9.88. The Morgan fingerprint density at radius 3 is 2.75 bits per heavy atom. The van der Waals surface area contributed by atoms with E-state index in [0.717, 1.165) is 24.3 Å². The lowest BCUT2D eigenvalue weighted by Gasteiger charge is -2.26. The predicted octanol–water partition coefficient (Wildman–Crippen LogP) is 1.13. The summed E-state index contributed by atoms with van der Waals surface area (Å²) in [5.41, 5.74) is 5.46. The first-order valence-electron chi connectivity index (χ1n) is 6.98. The minimum Gasteiger partial charge on any atom is -0.409 e. The number of carbonyl (C=O) groups is 1. The van der Waals surface area contributed by atoms with E-state index in [9.17, 15) is 4.79 Å². The highest BCUT2D eigenvalue weighted by atomic mass is 32.2. The van der Waals surface area contributed by atoms with Gasteiger partial charge in [-0.3, -0.25) is 4.79 Å². The van der Waals surface area contributed by atoms with Gasteiger partial charge in [-0.2, -0.15) is 11.8 Å². The van der Waals surface area contributed by atoms with E-state index in [1.807, 2.05) is 11.8 Å². The van der Waals surface area contributed by atoms with Crippen LogP contribution in [-0.2, 0) is 9.53 Å². The molecule has 0 radical (unpaired) electrons. The smallest absolute Gasteiger partial charge is 0.222 e. The Morgan fingerprint density at radius 1 is 1.45 bits per heavy atom. The molecule has 0 aromatic carbocycles. The van der Waals surface area contributed by atoms with Crippen LogP contribution in [0.5, 0.6) is 0 Å². The molecule has 6 nitrogen and oxygen atoms in total. The Morgan fingerprint density at radius 2 is 2.15 bits per heavy atom. The maximum absolute atomic E-state index is 12.3. The highest BCUT2D eigenvalue weighted by molar-refractivity contribution is 7.99. The molecule has 3 N–H and O–H groups in total. The van der Waals surface area contributed by atoms with E-state index in [-0.39, 0.29) is 11.7 Å². The van der Waals surface area contributed by atoms with Crippen LogP contribution in [-0.4, -0.2) is 60.2 Å². The molecule has 0 unspecified atom stereocenters. The quantitative estimate of drug-likeness (QED) is 0.304. The van der Waals surface area contributed by atoms with Crippen LogP contribution in [0.25, 0.3) is 0 Å². The van der Waals surface area contributed by atoms with Crippen molar-refractivity contribution in [2.24, 2.45) is 16.8 Å². The van der Waals surface area contributed by atoms with E-state index in [1.165, 1.54) is 0 Å². The van der Waals surface area contributed by atoms with Crippen LogP contribution in [0.4, 0.5) is 0 Å². The fourth-order valence-electron chi connectivity index (χ4n) is 2.19. The molecule has 1 aliphatic heterocycles. The number of methoxy groups -OCH3 is 1. The molecule has 0 aromatic rings. The summed E-state index contributed by atoms with van der Waals surface area (Å²) in [6.45, 7) is 1.53. The van der Waals surface area contributed by atoms with Crippen molar-refractivity contribution < 1.29 is 14.7 Å². The molecule has 1 amide bonds. The van der Waals surface area contributed by atoms with Gasteiger partial charge in [0.2, 0.25) is 5.91 Å². The number of carbonyl (C=O) groups excluding carboxylic acids is 1. The molecule has 0 aliphatic carbocycles. The molecule has 0 spiro atoms. The molecule has 20 heavy (non-hydrogen) atoms. The van der Waals surface area contributed by atoms with Gasteiger partial charge in [0.25, 0.3) is 0 Å². The summed E-state index contributed by atoms with van der Waals surface area (Å²) in [4.78, 5) is 14.1. The van der Waals surface area contributed by atoms with Crippen LogP contribution < -0.4 is 5.73 Å². The predicted molar refractivity (Wildman–Crippen MR) is 81.1 cm³/mol. The fourth-order valence-corrected chi connectivity index (χ4v) is 3.39. The van der Waals surface area contributed by atoms with Gasteiger partial charge in [0.1, 0.15) is 5.84 Å². The Labute approximate surface area is 124 Å². The van der Waals surface area contributed by atoms with Gasteiger partial charge >= 0.3 is 0 Å². The van der Waals surface area contributed by atoms with Gasteiger partial charge < -0.3 is 20.6 Å². The van der Waals surface area contributed by atoms with Crippen LogP contribution in [0, 0.1) is 5.92 Å². The van der Waals surface area contributed by atoms with E-state index < -0.39 is 0 Å².